The van der Waals surface area contributed by atoms with Gasteiger partial charge in [0.15, 0.2) is 17.9 Å². The highest BCUT2D eigenvalue weighted by molar-refractivity contribution is 5.86. The number of aliphatic hydroxyl groups excluding tert-OH is 2. The van der Waals surface area contributed by atoms with E-state index in [1.54, 1.807) is 6.07 Å². The quantitative estimate of drug-likeness (QED) is 0.478. The average molecular weight is 410 g/mol. The van der Waals surface area contributed by atoms with Crippen LogP contribution in [0.4, 0.5) is 19.0 Å². The molecular formula is C18H17F3N4O4. The van der Waals surface area contributed by atoms with Gasteiger partial charge in [0, 0.05) is 17.8 Å². The van der Waals surface area contributed by atoms with Gasteiger partial charge in [0.2, 0.25) is 0 Å². The first kappa shape index (κ1) is 19.6. The molecule has 0 radical (unpaired) electrons. The molecule has 3 aromatic rings. The molecule has 0 amide bonds. The molecule has 5 atom stereocenters. The number of ether oxygens (including phenoxy) is 1. The standard InChI is InChI=1S/C18H17F3N4O4/c1-18(28)13(27)17(25-3-2-8-15(22)23-6-24-16(8)25)29-14(18)12(26)9-4-7(19)5-10(20)11(9)21/h2-6,12-14,17,26-28H,1H3,(H2,22,23,24)/t12?,13-,14+,17+,18-/m0/s1. The molecule has 1 unspecified atom stereocenters. The summed E-state index contributed by atoms with van der Waals surface area (Å²) >= 11 is 0. The van der Waals surface area contributed by atoms with Crippen molar-refractivity contribution in [2.75, 3.05) is 5.73 Å². The van der Waals surface area contributed by atoms with E-state index in [9.17, 15) is 28.5 Å². The van der Waals surface area contributed by atoms with E-state index in [0.29, 0.717) is 17.5 Å². The minimum Gasteiger partial charge on any atom is -0.385 e. The molecule has 2 aromatic heterocycles. The normalized spacial score (nSPS) is 28.2. The number of halogens is 3. The highest BCUT2D eigenvalue weighted by Gasteiger charge is 2.56. The number of aromatic nitrogens is 3. The summed E-state index contributed by atoms with van der Waals surface area (Å²) < 4.78 is 48.2. The molecule has 0 aliphatic carbocycles. The van der Waals surface area contributed by atoms with Gasteiger partial charge in [-0.05, 0) is 19.1 Å². The maximum atomic E-state index is 14.1. The van der Waals surface area contributed by atoms with Crippen LogP contribution in [0.3, 0.4) is 0 Å². The van der Waals surface area contributed by atoms with Gasteiger partial charge in [0.1, 0.15) is 47.5 Å². The maximum Gasteiger partial charge on any atom is 0.164 e. The SMILES string of the molecule is C[C@@]1(O)[C@@H](C(O)c2cc(F)cc(F)c2F)O[C@@H](n2ccc3c(N)ncnc32)[C@@H]1O. The molecule has 154 valence electrons. The summed E-state index contributed by atoms with van der Waals surface area (Å²) in [6, 6.07) is 2.50. The second-order valence-electron chi connectivity index (χ2n) is 7.07. The van der Waals surface area contributed by atoms with Crippen molar-refractivity contribution in [3.8, 4) is 0 Å². The van der Waals surface area contributed by atoms with E-state index in [-0.39, 0.29) is 11.5 Å². The Morgan fingerprint density at radius 1 is 1.28 bits per heavy atom. The zero-order valence-electron chi connectivity index (χ0n) is 15.0. The van der Waals surface area contributed by atoms with Crippen LogP contribution >= 0.6 is 0 Å². The smallest absolute Gasteiger partial charge is 0.164 e. The molecule has 0 spiro atoms. The number of nitrogens with two attached hydrogens (primary N) is 1. The Morgan fingerprint density at radius 3 is 2.72 bits per heavy atom. The fraction of sp³-hybridized carbons (Fsp3) is 0.333. The largest absolute Gasteiger partial charge is 0.385 e. The third-order valence-corrected chi connectivity index (χ3v) is 5.17. The Labute approximate surface area is 162 Å². The van der Waals surface area contributed by atoms with Crippen LogP contribution in [0.1, 0.15) is 24.8 Å². The van der Waals surface area contributed by atoms with E-state index in [1.165, 1.54) is 17.1 Å². The van der Waals surface area contributed by atoms with Crippen molar-refractivity contribution >= 4 is 16.9 Å². The third-order valence-electron chi connectivity index (χ3n) is 5.17. The number of aliphatic hydroxyl groups is 3. The van der Waals surface area contributed by atoms with E-state index < -0.39 is 53.2 Å². The lowest BCUT2D eigenvalue weighted by Gasteiger charge is -2.29. The lowest BCUT2D eigenvalue weighted by Crippen LogP contribution is -2.47. The van der Waals surface area contributed by atoms with Crippen molar-refractivity contribution in [3.63, 3.8) is 0 Å². The lowest BCUT2D eigenvalue weighted by atomic mass is 9.88. The molecule has 29 heavy (non-hydrogen) atoms. The second kappa shape index (κ2) is 6.66. The van der Waals surface area contributed by atoms with E-state index in [0.717, 1.165) is 6.92 Å². The van der Waals surface area contributed by atoms with Crippen molar-refractivity contribution in [1.82, 2.24) is 14.5 Å². The minimum absolute atomic E-state index is 0.182. The summed E-state index contributed by atoms with van der Waals surface area (Å²) in [7, 11) is 0. The topological polar surface area (TPSA) is 127 Å². The average Bonchev–Trinajstić information content (AvgIpc) is 3.18. The number of nitrogens with zero attached hydrogens (tertiary/aromatic N) is 3. The van der Waals surface area contributed by atoms with Crippen LogP contribution in [0.5, 0.6) is 0 Å². The molecule has 1 aromatic carbocycles. The van der Waals surface area contributed by atoms with Crippen LogP contribution in [0.15, 0.2) is 30.7 Å². The van der Waals surface area contributed by atoms with Crippen LogP contribution in [0.25, 0.3) is 11.0 Å². The van der Waals surface area contributed by atoms with E-state index >= 15 is 0 Å². The lowest BCUT2D eigenvalue weighted by molar-refractivity contribution is -0.115. The van der Waals surface area contributed by atoms with E-state index in [2.05, 4.69) is 9.97 Å². The first-order valence-electron chi connectivity index (χ1n) is 8.58. The fourth-order valence-corrected chi connectivity index (χ4v) is 3.58. The van der Waals surface area contributed by atoms with Gasteiger partial charge in [0.25, 0.3) is 0 Å². The van der Waals surface area contributed by atoms with Crippen molar-refractivity contribution in [1.29, 1.82) is 0 Å². The van der Waals surface area contributed by atoms with Gasteiger partial charge < -0.3 is 30.4 Å². The number of hydrogen-bond donors (Lipinski definition) is 4. The summed E-state index contributed by atoms with van der Waals surface area (Å²) in [6.45, 7) is 1.16. The molecule has 3 heterocycles. The minimum atomic E-state index is -2.10. The second-order valence-corrected chi connectivity index (χ2v) is 7.07. The Morgan fingerprint density at radius 2 is 2.00 bits per heavy atom. The summed E-state index contributed by atoms with van der Waals surface area (Å²) in [5.41, 5.74) is 3.22. The molecule has 4 rings (SSSR count). The van der Waals surface area contributed by atoms with Gasteiger partial charge >= 0.3 is 0 Å². The number of benzene rings is 1. The van der Waals surface area contributed by atoms with Crippen LogP contribution < -0.4 is 5.73 Å². The number of hydrogen-bond acceptors (Lipinski definition) is 7. The van der Waals surface area contributed by atoms with E-state index in [1.807, 2.05) is 0 Å². The van der Waals surface area contributed by atoms with Crippen LogP contribution in [0.2, 0.25) is 0 Å². The Hall–Kier alpha value is -2.73. The molecule has 0 saturated carbocycles. The number of anilines is 1. The Balaban J connectivity index is 1.74. The predicted octanol–water partition coefficient (Wildman–Crippen LogP) is 1.17. The molecular weight excluding hydrogens is 393 g/mol. The molecule has 11 heteroatoms. The van der Waals surface area contributed by atoms with Crippen molar-refractivity contribution in [2.24, 2.45) is 0 Å². The zero-order valence-corrected chi connectivity index (χ0v) is 15.0. The van der Waals surface area contributed by atoms with Gasteiger partial charge in [-0.25, -0.2) is 23.1 Å². The molecule has 1 fully saturated rings. The number of nitrogen functional groups attached to an aromatic ring is 1. The highest BCUT2D eigenvalue weighted by Crippen LogP contribution is 2.44. The van der Waals surface area contributed by atoms with Crippen molar-refractivity contribution in [3.05, 3.63) is 53.7 Å². The van der Waals surface area contributed by atoms with E-state index in [4.69, 9.17) is 10.5 Å². The first-order valence-corrected chi connectivity index (χ1v) is 8.58. The van der Waals surface area contributed by atoms with Crippen molar-refractivity contribution < 1.29 is 33.2 Å². The molecule has 1 aliphatic heterocycles. The fourth-order valence-electron chi connectivity index (χ4n) is 3.58. The van der Waals surface area contributed by atoms with Gasteiger partial charge in [-0.1, -0.05) is 0 Å². The number of fused-ring (bicyclic) bond motifs is 1. The van der Waals surface area contributed by atoms with Gasteiger partial charge in [-0.2, -0.15) is 0 Å². The zero-order chi connectivity index (χ0) is 21.1. The van der Waals surface area contributed by atoms with Gasteiger partial charge in [0.05, 0.1) is 5.39 Å². The summed E-state index contributed by atoms with van der Waals surface area (Å²) in [5.74, 6) is -3.92. The Kier molecular flexibility index (Phi) is 4.50. The molecule has 1 aliphatic rings. The maximum absolute atomic E-state index is 14.1. The monoisotopic (exact) mass is 410 g/mol. The van der Waals surface area contributed by atoms with Gasteiger partial charge in [-0.3, -0.25) is 0 Å². The molecule has 0 bridgehead atoms. The van der Waals surface area contributed by atoms with Gasteiger partial charge in [-0.15, -0.1) is 0 Å². The molecule has 1 saturated heterocycles. The summed E-state index contributed by atoms with van der Waals surface area (Å²) in [6.07, 6.45) is -3.76. The van der Waals surface area contributed by atoms with Crippen molar-refractivity contribution in [2.45, 2.75) is 37.1 Å². The Bertz CT molecular complexity index is 1090. The highest BCUT2D eigenvalue weighted by atomic mass is 19.2. The third kappa shape index (κ3) is 2.94. The van der Waals surface area contributed by atoms with Crippen LogP contribution in [0, 0.1) is 17.5 Å². The van der Waals surface area contributed by atoms with Crippen LogP contribution in [-0.4, -0.2) is 47.7 Å². The number of rotatable bonds is 3. The van der Waals surface area contributed by atoms with Crippen LogP contribution in [-0.2, 0) is 4.74 Å². The predicted molar refractivity (Wildman–Crippen MR) is 93.8 cm³/mol. The molecule has 5 N–H and O–H groups in total. The summed E-state index contributed by atoms with van der Waals surface area (Å²) in [4.78, 5) is 7.92. The molecule has 8 nitrogen and oxygen atoms in total. The first-order chi connectivity index (χ1) is 13.6. The summed E-state index contributed by atoms with van der Waals surface area (Å²) in [5, 5.41) is 32.4.